The fourth-order valence-electron chi connectivity index (χ4n) is 3.34. The molecule has 1 unspecified atom stereocenters. The van der Waals surface area contributed by atoms with Crippen LogP contribution in [0.2, 0.25) is 0 Å². The first-order valence-electron chi connectivity index (χ1n) is 8.05. The number of anilines is 1. The van der Waals surface area contributed by atoms with Crippen molar-refractivity contribution in [2.24, 2.45) is 11.3 Å². The summed E-state index contributed by atoms with van der Waals surface area (Å²) in [6.45, 7) is 10.4. The highest BCUT2D eigenvalue weighted by Gasteiger charge is 2.27. The van der Waals surface area contributed by atoms with Gasteiger partial charge >= 0.3 is 0 Å². The molecule has 1 heterocycles. The molecule has 1 aliphatic heterocycles. The molecule has 1 aromatic rings. The molecule has 0 radical (unpaired) electrons. The van der Waals surface area contributed by atoms with Crippen molar-refractivity contribution in [1.29, 1.82) is 0 Å². The highest BCUT2D eigenvalue weighted by molar-refractivity contribution is 5.47. The van der Waals surface area contributed by atoms with E-state index in [0.717, 1.165) is 23.9 Å². The zero-order valence-electron chi connectivity index (χ0n) is 14.0. The van der Waals surface area contributed by atoms with Gasteiger partial charge in [-0.3, -0.25) is 4.90 Å². The van der Waals surface area contributed by atoms with E-state index in [1.807, 2.05) is 18.2 Å². The van der Waals surface area contributed by atoms with Gasteiger partial charge in [-0.15, -0.1) is 0 Å². The molecule has 2 rings (SSSR count). The Hall–Kier alpha value is -1.22. The van der Waals surface area contributed by atoms with Crippen LogP contribution in [0.25, 0.3) is 0 Å². The Morgan fingerprint density at radius 3 is 2.67 bits per heavy atom. The fraction of sp³-hybridized carbons (Fsp3) is 0.667. The SMILES string of the molecule is COc1ccc(N)cc1CN1CCCC(C(C)(C)C)CC1. The van der Waals surface area contributed by atoms with E-state index in [1.165, 1.54) is 37.9 Å². The molecule has 1 saturated heterocycles. The molecule has 1 aliphatic rings. The molecule has 0 spiro atoms. The molecule has 0 aromatic heterocycles. The van der Waals surface area contributed by atoms with Crippen LogP contribution in [0.15, 0.2) is 18.2 Å². The van der Waals surface area contributed by atoms with Crippen LogP contribution >= 0.6 is 0 Å². The van der Waals surface area contributed by atoms with Crippen molar-refractivity contribution in [2.75, 3.05) is 25.9 Å². The molecule has 0 saturated carbocycles. The molecule has 0 aliphatic carbocycles. The maximum absolute atomic E-state index is 5.92. The molecule has 118 valence electrons. The standard InChI is InChI=1S/C18H30N2O/c1-18(2,3)15-6-5-10-20(11-9-15)13-14-12-16(19)7-8-17(14)21-4/h7-8,12,15H,5-6,9-11,13,19H2,1-4H3. The second-order valence-electron chi connectivity index (χ2n) is 7.34. The number of nitrogen functional groups attached to an aromatic ring is 1. The molecule has 1 fully saturated rings. The lowest BCUT2D eigenvalue weighted by Gasteiger charge is -2.29. The van der Waals surface area contributed by atoms with Gasteiger partial charge in [-0.2, -0.15) is 0 Å². The van der Waals surface area contributed by atoms with Crippen molar-refractivity contribution in [3.05, 3.63) is 23.8 Å². The van der Waals surface area contributed by atoms with Gasteiger partial charge in [0.15, 0.2) is 0 Å². The summed E-state index contributed by atoms with van der Waals surface area (Å²) in [5.41, 5.74) is 8.36. The van der Waals surface area contributed by atoms with Crippen molar-refractivity contribution in [3.8, 4) is 5.75 Å². The van der Waals surface area contributed by atoms with Crippen molar-refractivity contribution < 1.29 is 4.74 Å². The second-order valence-corrected chi connectivity index (χ2v) is 7.34. The number of likely N-dealkylation sites (tertiary alicyclic amines) is 1. The summed E-state index contributed by atoms with van der Waals surface area (Å²) in [6, 6.07) is 5.92. The summed E-state index contributed by atoms with van der Waals surface area (Å²) in [4.78, 5) is 2.54. The first kappa shape index (κ1) is 16.2. The topological polar surface area (TPSA) is 38.5 Å². The van der Waals surface area contributed by atoms with Gasteiger partial charge in [0.1, 0.15) is 5.75 Å². The monoisotopic (exact) mass is 290 g/mol. The van der Waals surface area contributed by atoms with Crippen LogP contribution in [-0.2, 0) is 6.54 Å². The third-order valence-corrected chi connectivity index (χ3v) is 4.74. The largest absolute Gasteiger partial charge is 0.496 e. The fourth-order valence-corrected chi connectivity index (χ4v) is 3.34. The Balaban J connectivity index is 2.02. The van der Waals surface area contributed by atoms with Gasteiger partial charge in [-0.1, -0.05) is 20.8 Å². The summed E-state index contributed by atoms with van der Waals surface area (Å²) < 4.78 is 5.47. The summed E-state index contributed by atoms with van der Waals surface area (Å²) in [5.74, 6) is 1.77. The Kier molecular flexibility index (Phi) is 5.15. The van der Waals surface area contributed by atoms with Crippen LogP contribution in [0.1, 0.15) is 45.6 Å². The van der Waals surface area contributed by atoms with Gasteiger partial charge in [-0.05, 0) is 61.9 Å². The van der Waals surface area contributed by atoms with E-state index >= 15 is 0 Å². The molecule has 3 heteroatoms. The number of nitrogens with zero attached hydrogens (tertiary/aromatic N) is 1. The smallest absolute Gasteiger partial charge is 0.123 e. The minimum Gasteiger partial charge on any atom is -0.496 e. The van der Waals surface area contributed by atoms with Crippen molar-refractivity contribution in [1.82, 2.24) is 4.90 Å². The third kappa shape index (κ3) is 4.37. The van der Waals surface area contributed by atoms with E-state index in [4.69, 9.17) is 10.5 Å². The molecule has 0 bridgehead atoms. The highest BCUT2D eigenvalue weighted by Crippen LogP contribution is 2.34. The molecule has 0 amide bonds. The molecule has 1 aromatic carbocycles. The predicted molar refractivity (Wildman–Crippen MR) is 89.5 cm³/mol. The lowest BCUT2D eigenvalue weighted by molar-refractivity contribution is 0.206. The highest BCUT2D eigenvalue weighted by atomic mass is 16.5. The number of rotatable bonds is 3. The Labute approximate surface area is 129 Å². The lowest BCUT2D eigenvalue weighted by Crippen LogP contribution is -2.26. The zero-order chi connectivity index (χ0) is 15.5. The first-order valence-corrected chi connectivity index (χ1v) is 8.05. The van der Waals surface area contributed by atoms with Crippen molar-refractivity contribution in [2.45, 2.75) is 46.6 Å². The van der Waals surface area contributed by atoms with E-state index in [9.17, 15) is 0 Å². The van der Waals surface area contributed by atoms with Gasteiger partial charge in [0.05, 0.1) is 7.11 Å². The number of ether oxygens (including phenoxy) is 1. The van der Waals surface area contributed by atoms with Crippen LogP contribution in [0.5, 0.6) is 5.75 Å². The minimum absolute atomic E-state index is 0.422. The van der Waals surface area contributed by atoms with Crippen molar-refractivity contribution in [3.63, 3.8) is 0 Å². The van der Waals surface area contributed by atoms with Crippen LogP contribution in [0, 0.1) is 11.3 Å². The summed E-state index contributed by atoms with van der Waals surface area (Å²) in [7, 11) is 1.73. The van der Waals surface area contributed by atoms with Gasteiger partial charge < -0.3 is 10.5 Å². The lowest BCUT2D eigenvalue weighted by atomic mass is 9.77. The van der Waals surface area contributed by atoms with Gasteiger partial charge in [-0.25, -0.2) is 0 Å². The van der Waals surface area contributed by atoms with Crippen LogP contribution < -0.4 is 10.5 Å². The molecule has 21 heavy (non-hydrogen) atoms. The van der Waals surface area contributed by atoms with E-state index in [-0.39, 0.29) is 0 Å². The maximum atomic E-state index is 5.92. The van der Waals surface area contributed by atoms with E-state index < -0.39 is 0 Å². The molecule has 2 N–H and O–H groups in total. The summed E-state index contributed by atoms with van der Waals surface area (Å²) in [6.07, 6.45) is 3.91. The minimum atomic E-state index is 0.422. The summed E-state index contributed by atoms with van der Waals surface area (Å²) >= 11 is 0. The van der Waals surface area contributed by atoms with Crippen molar-refractivity contribution >= 4 is 5.69 Å². The average molecular weight is 290 g/mol. The Morgan fingerprint density at radius 2 is 2.00 bits per heavy atom. The van der Waals surface area contributed by atoms with Crippen LogP contribution in [0.4, 0.5) is 5.69 Å². The summed E-state index contributed by atoms with van der Waals surface area (Å²) in [5, 5.41) is 0. The third-order valence-electron chi connectivity index (χ3n) is 4.74. The zero-order valence-corrected chi connectivity index (χ0v) is 14.0. The van der Waals surface area contributed by atoms with Gasteiger partial charge in [0.25, 0.3) is 0 Å². The quantitative estimate of drug-likeness (QED) is 0.857. The molecule has 3 nitrogen and oxygen atoms in total. The maximum Gasteiger partial charge on any atom is 0.123 e. The Morgan fingerprint density at radius 1 is 1.24 bits per heavy atom. The van der Waals surface area contributed by atoms with E-state index in [1.54, 1.807) is 7.11 Å². The first-order chi connectivity index (χ1) is 9.90. The average Bonchev–Trinajstić information content (AvgIpc) is 2.64. The number of nitrogens with two attached hydrogens (primary N) is 1. The number of hydrogen-bond donors (Lipinski definition) is 1. The normalized spacial score (nSPS) is 21.0. The van der Waals surface area contributed by atoms with Crippen LogP contribution in [-0.4, -0.2) is 25.1 Å². The number of hydrogen-bond acceptors (Lipinski definition) is 3. The second kappa shape index (κ2) is 6.69. The van der Waals surface area contributed by atoms with E-state index in [2.05, 4.69) is 25.7 Å². The molecule has 1 atom stereocenters. The number of benzene rings is 1. The predicted octanol–water partition coefficient (Wildman–Crippen LogP) is 3.93. The number of methoxy groups -OCH3 is 1. The van der Waals surface area contributed by atoms with Gasteiger partial charge in [0, 0.05) is 17.8 Å². The van der Waals surface area contributed by atoms with Crippen LogP contribution in [0.3, 0.4) is 0 Å². The Bertz CT molecular complexity index is 465. The molecular weight excluding hydrogens is 260 g/mol. The van der Waals surface area contributed by atoms with E-state index in [0.29, 0.717) is 5.41 Å². The van der Waals surface area contributed by atoms with Gasteiger partial charge in [0.2, 0.25) is 0 Å². The molecular formula is C18H30N2O.